The lowest BCUT2D eigenvalue weighted by atomic mass is 10.1. The first-order valence-electron chi connectivity index (χ1n) is 6.94. The Bertz CT molecular complexity index is 480. The molecule has 1 aliphatic heterocycles. The lowest BCUT2D eigenvalue weighted by Crippen LogP contribution is -2.39. The minimum absolute atomic E-state index is 0.0580. The Kier molecular flexibility index (Phi) is 4.73. The zero-order chi connectivity index (χ0) is 14.5. The van der Waals surface area contributed by atoms with E-state index in [-0.39, 0.29) is 16.7 Å². The molecule has 0 bridgehead atoms. The van der Waals surface area contributed by atoms with Gasteiger partial charge < -0.3 is 15.5 Å². The second-order valence-corrected chi connectivity index (χ2v) is 5.13. The van der Waals surface area contributed by atoms with Gasteiger partial charge in [0.1, 0.15) is 11.6 Å². The fraction of sp³-hybridized carbons (Fsp3) is 0.615. The molecule has 1 atom stereocenters. The molecule has 1 aliphatic rings. The number of hydrogen-bond donors (Lipinski definition) is 2. The Morgan fingerprint density at radius 1 is 1.50 bits per heavy atom. The van der Waals surface area contributed by atoms with Gasteiger partial charge in [0.2, 0.25) is 0 Å². The van der Waals surface area contributed by atoms with Gasteiger partial charge in [0.15, 0.2) is 0 Å². The van der Waals surface area contributed by atoms with E-state index in [9.17, 15) is 10.1 Å². The number of nitrogens with one attached hydrogen (secondary N) is 2. The topological polar surface area (TPSA) is 83.3 Å². The zero-order valence-corrected chi connectivity index (χ0v) is 11.9. The van der Waals surface area contributed by atoms with Crippen LogP contribution in [-0.2, 0) is 0 Å². The summed E-state index contributed by atoms with van der Waals surface area (Å²) in [6.45, 7) is 4.65. The minimum atomic E-state index is -0.388. The number of rotatable bonds is 5. The molecule has 1 aromatic heterocycles. The Morgan fingerprint density at radius 2 is 2.25 bits per heavy atom. The van der Waals surface area contributed by atoms with Gasteiger partial charge in [-0.2, -0.15) is 0 Å². The maximum atomic E-state index is 11.0. The smallest absolute Gasteiger partial charge is 0.276 e. The van der Waals surface area contributed by atoms with Gasteiger partial charge in [0, 0.05) is 19.1 Å². The summed E-state index contributed by atoms with van der Waals surface area (Å²) in [6, 6.07) is 3.25. The van der Waals surface area contributed by atoms with Crippen LogP contribution in [0.2, 0.25) is 0 Å². The molecular formula is C13H21N5O2. The van der Waals surface area contributed by atoms with Crippen molar-refractivity contribution in [1.29, 1.82) is 0 Å². The van der Waals surface area contributed by atoms with Gasteiger partial charge in [-0.1, -0.05) is 0 Å². The van der Waals surface area contributed by atoms with E-state index in [1.165, 1.54) is 12.1 Å². The fourth-order valence-corrected chi connectivity index (χ4v) is 2.46. The second-order valence-electron chi connectivity index (χ2n) is 5.13. The Hall–Kier alpha value is -1.89. The van der Waals surface area contributed by atoms with E-state index < -0.39 is 0 Å². The number of nitrogens with zero attached hydrogens (tertiary/aromatic N) is 3. The van der Waals surface area contributed by atoms with Crippen LogP contribution in [-0.4, -0.2) is 47.5 Å². The highest BCUT2D eigenvalue weighted by atomic mass is 16.6. The molecule has 110 valence electrons. The maximum absolute atomic E-state index is 11.0. The van der Waals surface area contributed by atoms with E-state index >= 15 is 0 Å². The average Bonchev–Trinajstić information content (AvgIpc) is 2.38. The van der Waals surface area contributed by atoms with Crippen LogP contribution in [0, 0.1) is 10.1 Å². The van der Waals surface area contributed by atoms with Gasteiger partial charge in [-0.15, -0.1) is 0 Å². The predicted octanol–water partition coefficient (Wildman–Crippen LogP) is 1.93. The van der Waals surface area contributed by atoms with Crippen LogP contribution in [0.3, 0.4) is 0 Å². The number of likely N-dealkylation sites (tertiary alicyclic amines) is 1. The summed E-state index contributed by atoms with van der Waals surface area (Å²) in [5, 5.41) is 17.3. The van der Waals surface area contributed by atoms with Crippen LogP contribution >= 0.6 is 0 Å². The lowest BCUT2D eigenvalue weighted by Gasteiger charge is -2.30. The summed E-state index contributed by atoms with van der Waals surface area (Å²) in [5.74, 6) is 1.10. The normalized spacial score (nSPS) is 19.6. The summed E-state index contributed by atoms with van der Waals surface area (Å²) in [4.78, 5) is 17.2. The molecule has 1 saturated heterocycles. The van der Waals surface area contributed by atoms with Crippen LogP contribution in [0.15, 0.2) is 12.1 Å². The van der Waals surface area contributed by atoms with Crippen molar-refractivity contribution in [3.63, 3.8) is 0 Å². The van der Waals surface area contributed by atoms with Crippen molar-refractivity contribution in [2.24, 2.45) is 0 Å². The number of likely N-dealkylation sites (N-methyl/N-ethyl adjacent to an activating group) is 1. The second kappa shape index (κ2) is 6.51. The Morgan fingerprint density at radius 3 is 2.90 bits per heavy atom. The van der Waals surface area contributed by atoms with Gasteiger partial charge in [0.05, 0.1) is 17.1 Å². The van der Waals surface area contributed by atoms with Crippen LogP contribution in [0.4, 0.5) is 17.3 Å². The molecule has 0 aliphatic carbocycles. The van der Waals surface area contributed by atoms with E-state index in [1.54, 1.807) is 0 Å². The SMILES string of the molecule is CCNc1cc([N+](=O)[O-])cc(NC2CCCN(C)C2)n1. The average molecular weight is 279 g/mol. The third-order valence-electron chi connectivity index (χ3n) is 3.36. The molecule has 7 heteroatoms. The maximum Gasteiger partial charge on any atom is 0.276 e. The van der Waals surface area contributed by atoms with Crippen LogP contribution < -0.4 is 10.6 Å². The minimum Gasteiger partial charge on any atom is -0.370 e. The van der Waals surface area contributed by atoms with E-state index in [2.05, 4.69) is 27.6 Å². The molecule has 1 fully saturated rings. The highest BCUT2D eigenvalue weighted by Gasteiger charge is 2.19. The zero-order valence-electron chi connectivity index (χ0n) is 11.9. The monoisotopic (exact) mass is 279 g/mol. The molecule has 2 heterocycles. The van der Waals surface area contributed by atoms with Gasteiger partial charge >= 0.3 is 0 Å². The van der Waals surface area contributed by atoms with Gasteiger partial charge in [0.25, 0.3) is 5.69 Å². The quantitative estimate of drug-likeness (QED) is 0.633. The standard InChI is InChI=1S/C13H21N5O2/c1-3-14-12-7-11(18(19)20)8-13(16-12)15-10-5-4-6-17(2)9-10/h7-8,10H,3-6,9H2,1-2H3,(H2,14,15,16). The third kappa shape index (κ3) is 3.80. The van der Waals surface area contributed by atoms with E-state index in [0.717, 1.165) is 25.9 Å². The summed E-state index contributed by atoms with van der Waals surface area (Å²) >= 11 is 0. The molecule has 0 spiro atoms. The molecule has 0 saturated carbocycles. The van der Waals surface area contributed by atoms with Crippen molar-refractivity contribution in [2.45, 2.75) is 25.8 Å². The van der Waals surface area contributed by atoms with Crippen LogP contribution in [0.25, 0.3) is 0 Å². The van der Waals surface area contributed by atoms with E-state index in [4.69, 9.17) is 0 Å². The van der Waals surface area contributed by atoms with Crippen molar-refractivity contribution < 1.29 is 4.92 Å². The number of anilines is 2. The first-order valence-corrected chi connectivity index (χ1v) is 6.94. The highest BCUT2D eigenvalue weighted by molar-refractivity contribution is 5.55. The van der Waals surface area contributed by atoms with Crippen molar-refractivity contribution in [1.82, 2.24) is 9.88 Å². The first kappa shape index (κ1) is 14.5. The van der Waals surface area contributed by atoms with Crippen molar-refractivity contribution in [3.8, 4) is 0 Å². The molecule has 7 nitrogen and oxygen atoms in total. The first-order chi connectivity index (χ1) is 9.58. The van der Waals surface area contributed by atoms with Crippen LogP contribution in [0.1, 0.15) is 19.8 Å². The Labute approximate surface area is 118 Å². The van der Waals surface area contributed by atoms with E-state index in [1.807, 2.05) is 6.92 Å². The summed E-state index contributed by atoms with van der Waals surface area (Å²) in [6.07, 6.45) is 2.19. The molecule has 2 N–H and O–H groups in total. The molecule has 2 rings (SSSR count). The lowest BCUT2D eigenvalue weighted by molar-refractivity contribution is -0.384. The number of hydrogen-bond acceptors (Lipinski definition) is 6. The molecule has 1 aromatic rings. The number of aromatic nitrogens is 1. The van der Waals surface area contributed by atoms with Gasteiger partial charge in [-0.05, 0) is 33.4 Å². The molecule has 0 radical (unpaired) electrons. The Balaban J connectivity index is 2.14. The van der Waals surface area contributed by atoms with E-state index in [0.29, 0.717) is 18.2 Å². The molecule has 1 unspecified atom stereocenters. The van der Waals surface area contributed by atoms with Gasteiger partial charge in [-0.25, -0.2) is 4.98 Å². The number of piperidine rings is 1. The molecule has 0 amide bonds. The van der Waals surface area contributed by atoms with Crippen molar-refractivity contribution in [2.75, 3.05) is 37.3 Å². The summed E-state index contributed by atoms with van der Waals surface area (Å²) < 4.78 is 0. The molecule has 20 heavy (non-hydrogen) atoms. The van der Waals surface area contributed by atoms with Crippen molar-refractivity contribution in [3.05, 3.63) is 22.2 Å². The van der Waals surface area contributed by atoms with Crippen molar-refractivity contribution >= 4 is 17.3 Å². The predicted molar refractivity (Wildman–Crippen MR) is 79.2 cm³/mol. The summed E-state index contributed by atoms with van der Waals surface area (Å²) in [7, 11) is 2.08. The highest BCUT2D eigenvalue weighted by Crippen LogP contribution is 2.22. The fourth-order valence-electron chi connectivity index (χ4n) is 2.46. The molecular weight excluding hydrogens is 258 g/mol. The number of nitro groups is 1. The largest absolute Gasteiger partial charge is 0.370 e. The third-order valence-corrected chi connectivity index (χ3v) is 3.36. The summed E-state index contributed by atoms with van der Waals surface area (Å²) in [5.41, 5.74) is 0.0580. The van der Waals surface area contributed by atoms with Crippen LogP contribution in [0.5, 0.6) is 0 Å². The molecule has 0 aromatic carbocycles. The van der Waals surface area contributed by atoms with Gasteiger partial charge in [-0.3, -0.25) is 10.1 Å². The number of pyridine rings is 1.